The zero-order chi connectivity index (χ0) is 17.2. The first kappa shape index (κ1) is 15.5. The Bertz CT molecular complexity index is 1020. The fraction of sp³-hybridized carbons (Fsp3) is 0.222. The molecule has 128 valence electrons. The molecule has 2 N–H and O–H groups in total. The fourth-order valence-electron chi connectivity index (χ4n) is 2.70. The van der Waals surface area contributed by atoms with Crippen LogP contribution in [-0.2, 0) is 0 Å². The summed E-state index contributed by atoms with van der Waals surface area (Å²) >= 11 is 0. The van der Waals surface area contributed by atoms with Gasteiger partial charge in [0.15, 0.2) is 11.4 Å². The summed E-state index contributed by atoms with van der Waals surface area (Å²) in [6, 6.07) is 11.3. The fourth-order valence-corrected chi connectivity index (χ4v) is 2.70. The number of fused-ring (bicyclic) bond motifs is 2. The van der Waals surface area contributed by atoms with Crippen molar-refractivity contribution in [1.29, 1.82) is 0 Å². The summed E-state index contributed by atoms with van der Waals surface area (Å²) in [4.78, 5) is 4.38. The Morgan fingerprint density at radius 1 is 1.24 bits per heavy atom. The lowest BCUT2D eigenvalue weighted by Gasteiger charge is -2.05. The topological polar surface area (TPSA) is 87.8 Å². The summed E-state index contributed by atoms with van der Waals surface area (Å²) in [7, 11) is 1.64. The number of benzene rings is 1. The highest BCUT2D eigenvalue weighted by Crippen LogP contribution is 2.33. The zero-order valence-electron chi connectivity index (χ0n) is 13.8. The summed E-state index contributed by atoms with van der Waals surface area (Å²) in [5.41, 5.74) is 7.70. The molecule has 0 radical (unpaired) electrons. The van der Waals surface area contributed by atoms with Crippen molar-refractivity contribution in [1.82, 2.24) is 14.6 Å². The Hall–Kier alpha value is -3.06. The predicted octanol–water partition coefficient (Wildman–Crippen LogP) is 2.88. The first-order valence-corrected chi connectivity index (χ1v) is 8.05. The van der Waals surface area contributed by atoms with Crippen LogP contribution in [0.25, 0.3) is 28.1 Å². The van der Waals surface area contributed by atoms with Gasteiger partial charge in [-0.3, -0.25) is 0 Å². The molecule has 3 heterocycles. The van der Waals surface area contributed by atoms with Gasteiger partial charge < -0.3 is 19.6 Å². The van der Waals surface area contributed by atoms with Crippen LogP contribution in [-0.4, -0.2) is 34.9 Å². The molecule has 0 fully saturated rings. The molecule has 3 aromatic heterocycles. The standard InChI is InChI=1S/C18H18N4O3/c1-23-14-4-2-5-15-12(14)10-16(25-15)13-11-20-17-6-7-18(21-22(13)17)24-9-3-8-19/h2,4-7,10-11H,3,8-9,19H2,1H3. The highest BCUT2D eigenvalue weighted by Gasteiger charge is 2.15. The maximum absolute atomic E-state index is 5.96. The maximum atomic E-state index is 5.96. The van der Waals surface area contributed by atoms with Gasteiger partial charge in [-0.25, -0.2) is 9.50 Å². The molecule has 0 unspecified atom stereocenters. The third kappa shape index (κ3) is 2.78. The number of imidazole rings is 1. The van der Waals surface area contributed by atoms with Crippen molar-refractivity contribution in [2.75, 3.05) is 20.3 Å². The second-order valence-electron chi connectivity index (χ2n) is 5.56. The van der Waals surface area contributed by atoms with Crippen LogP contribution in [0.4, 0.5) is 0 Å². The highest BCUT2D eigenvalue weighted by molar-refractivity contribution is 5.88. The molecule has 0 saturated carbocycles. The van der Waals surface area contributed by atoms with Gasteiger partial charge in [-0.05, 0) is 37.2 Å². The molecule has 4 aromatic rings. The second-order valence-corrected chi connectivity index (χ2v) is 5.56. The van der Waals surface area contributed by atoms with Crippen molar-refractivity contribution < 1.29 is 13.9 Å². The average Bonchev–Trinajstić information content (AvgIpc) is 3.24. The van der Waals surface area contributed by atoms with Crippen LogP contribution >= 0.6 is 0 Å². The Balaban J connectivity index is 1.77. The summed E-state index contributed by atoms with van der Waals surface area (Å²) in [5, 5.41) is 5.40. The van der Waals surface area contributed by atoms with Gasteiger partial charge in [0.1, 0.15) is 17.0 Å². The molecule has 0 aliphatic carbocycles. The molecule has 7 heteroatoms. The Labute approximate surface area is 144 Å². The van der Waals surface area contributed by atoms with Crippen LogP contribution in [0.5, 0.6) is 11.6 Å². The minimum atomic E-state index is 0.522. The molecule has 0 aliphatic rings. The highest BCUT2D eigenvalue weighted by atomic mass is 16.5. The van der Waals surface area contributed by atoms with Crippen molar-refractivity contribution in [3.8, 4) is 23.1 Å². The number of nitrogens with zero attached hydrogens (tertiary/aromatic N) is 3. The lowest BCUT2D eigenvalue weighted by molar-refractivity contribution is 0.297. The van der Waals surface area contributed by atoms with E-state index in [1.54, 1.807) is 23.9 Å². The van der Waals surface area contributed by atoms with Gasteiger partial charge >= 0.3 is 0 Å². The first-order valence-electron chi connectivity index (χ1n) is 8.05. The SMILES string of the molecule is COc1cccc2oc(-c3cnc4ccc(OCCCN)nn34)cc12. The van der Waals surface area contributed by atoms with Crippen molar-refractivity contribution in [3.05, 3.63) is 42.6 Å². The molecule has 0 spiro atoms. The van der Waals surface area contributed by atoms with E-state index in [0.717, 1.165) is 28.8 Å². The van der Waals surface area contributed by atoms with Crippen LogP contribution in [0, 0.1) is 0 Å². The number of furan rings is 1. The van der Waals surface area contributed by atoms with Crippen molar-refractivity contribution in [3.63, 3.8) is 0 Å². The predicted molar refractivity (Wildman–Crippen MR) is 93.9 cm³/mol. The van der Waals surface area contributed by atoms with E-state index >= 15 is 0 Å². The van der Waals surface area contributed by atoms with Gasteiger partial charge in [0.25, 0.3) is 0 Å². The smallest absolute Gasteiger partial charge is 0.231 e. The van der Waals surface area contributed by atoms with E-state index in [0.29, 0.717) is 30.4 Å². The van der Waals surface area contributed by atoms with E-state index in [4.69, 9.17) is 19.6 Å². The molecule has 25 heavy (non-hydrogen) atoms. The van der Waals surface area contributed by atoms with Gasteiger partial charge in [0.05, 0.1) is 25.3 Å². The number of hydrogen-bond donors (Lipinski definition) is 1. The normalized spacial score (nSPS) is 11.3. The third-order valence-electron chi connectivity index (χ3n) is 3.93. The minimum Gasteiger partial charge on any atom is -0.496 e. The van der Waals surface area contributed by atoms with Gasteiger partial charge in [0.2, 0.25) is 5.88 Å². The number of aromatic nitrogens is 3. The number of hydrogen-bond acceptors (Lipinski definition) is 6. The summed E-state index contributed by atoms with van der Waals surface area (Å²) in [6.45, 7) is 1.11. The molecular formula is C18H18N4O3. The van der Waals surface area contributed by atoms with Gasteiger partial charge in [0, 0.05) is 6.07 Å². The van der Waals surface area contributed by atoms with E-state index in [-0.39, 0.29) is 0 Å². The van der Waals surface area contributed by atoms with E-state index in [1.165, 1.54) is 0 Å². The van der Waals surface area contributed by atoms with Gasteiger partial charge in [-0.2, -0.15) is 0 Å². The van der Waals surface area contributed by atoms with Crippen molar-refractivity contribution >= 4 is 16.6 Å². The molecule has 4 rings (SSSR count). The lowest BCUT2D eigenvalue weighted by atomic mass is 10.2. The molecule has 0 amide bonds. The summed E-state index contributed by atoms with van der Waals surface area (Å²) < 4.78 is 18.7. The number of rotatable bonds is 6. The quantitative estimate of drug-likeness (QED) is 0.544. The first-order chi connectivity index (χ1) is 12.3. The minimum absolute atomic E-state index is 0.522. The summed E-state index contributed by atoms with van der Waals surface area (Å²) in [6.07, 6.45) is 2.51. The van der Waals surface area contributed by atoms with Crippen LogP contribution in [0.15, 0.2) is 47.0 Å². The van der Waals surface area contributed by atoms with E-state index in [1.807, 2.05) is 30.3 Å². The van der Waals surface area contributed by atoms with E-state index in [2.05, 4.69) is 10.1 Å². The Morgan fingerprint density at radius 2 is 2.16 bits per heavy atom. The number of ether oxygens (including phenoxy) is 2. The molecular weight excluding hydrogens is 320 g/mol. The second kappa shape index (κ2) is 6.45. The molecule has 7 nitrogen and oxygen atoms in total. The lowest BCUT2D eigenvalue weighted by Crippen LogP contribution is -2.07. The molecule has 0 atom stereocenters. The van der Waals surface area contributed by atoms with Crippen LogP contribution in [0.1, 0.15) is 6.42 Å². The van der Waals surface area contributed by atoms with E-state index in [9.17, 15) is 0 Å². The monoisotopic (exact) mass is 338 g/mol. The van der Waals surface area contributed by atoms with E-state index < -0.39 is 0 Å². The van der Waals surface area contributed by atoms with Gasteiger partial charge in [-0.15, -0.1) is 5.10 Å². The molecule has 1 aromatic carbocycles. The third-order valence-corrected chi connectivity index (χ3v) is 3.93. The van der Waals surface area contributed by atoms with Gasteiger partial charge in [-0.1, -0.05) is 6.07 Å². The number of methoxy groups -OCH3 is 1. The molecule has 0 aliphatic heterocycles. The van der Waals surface area contributed by atoms with Crippen LogP contribution < -0.4 is 15.2 Å². The largest absolute Gasteiger partial charge is 0.496 e. The maximum Gasteiger partial charge on any atom is 0.231 e. The Morgan fingerprint density at radius 3 is 3.00 bits per heavy atom. The van der Waals surface area contributed by atoms with Crippen molar-refractivity contribution in [2.45, 2.75) is 6.42 Å². The molecule has 0 bridgehead atoms. The van der Waals surface area contributed by atoms with Crippen LogP contribution in [0.2, 0.25) is 0 Å². The van der Waals surface area contributed by atoms with Crippen LogP contribution in [0.3, 0.4) is 0 Å². The average molecular weight is 338 g/mol. The number of nitrogens with two attached hydrogens (primary N) is 1. The zero-order valence-corrected chi connectivity index (χ0v) is 13.8. The van der Waals surface area contributed by atoms with Crippen molar-refractivity contribution in [2.24, 2.45) is 5.73 Å². The Kier molecular flexibility index (Phi) is 3.99. The summed E-state index contributed by atoms with van der Waals surface area (Å²) in [5.74, 6) is 1.95. The molecule has 0 saturated heterocycles.